The molecular weight excluding hydrogens is 416 g/mol. The van der Waals surface area contributed by atoms with Gasteiger partial charge in [-0.1, -0.05) is 36.4 Å². The molecule has 1 aromatic heterocycles. The zero-order chi connectivity index (χ0) is 22.0. The molecule has 0 atom stereocenters. The summed E-state index contributed by atoms with van der Waals surface area (Å²) in [5, 5.41) is 3.22. The smallest absolute Gasteiger partial charge is 0.316 e. The van der Waals surface area contributed by atoms with Crippen LogP contribution in [0.5, 0.6) is 5.75 Å². The highest BCUT2D eigenvalue weighted by Crippen LogP contribution is 2.30. The van der Waals surface area contributed by atoms with Gasteiger partial charge in [-0.25, -0.2) is 8.42 Å². The van der Waals surface area contributed by atoms with Gasteiger partial charge in [0.2, 0.25) is 21.7 Å². The van der Waals surface area contributed by atoms with E-state index in [9.17, 15) is 13.2 Å². The van der Waals surface area contributed by atoms with Crippen LogP contribution < -0.4 is 19.9 Å². The first kappa shape index (κ1) is 20.9. The first-order valence-electron chi connectivity index (χ1n) is 9.95. The highest BCUT2D eigenvalue weighted by Gasteiger charge is 2.28. The molecule has 0 saturated carbocycles. The van der Waals surface area contributed by atoms with E-state index in [2.05, 4.69) is 10.3 Å². The Labute approximate surface area is 181 Å². The molecule has 1 aliphatic heterocycles. The predicted molar refractivity (Wildman–Crippen MR) is 121 cm³/mol. The molecule has 4 rings (SSSR count). The molecule has 1 fully saturated rings. The summed E-state index contributed by atoms with van der Waals surface area (Å²) in [5.41, 5.74) is 2.73. The quantitative estimate of drug-likeness (QED) is 0.634. The van der Waals surface area contributed by atoms with Crippen molar-refractivity contribution in [1.82, 2.24) is 9.55 Å². The van der Waals surface area contributed by atoms with Crippen molar-refractivity contribution < 1.29 is 13.2 Å². The molecule has 9 heteroatoms. The fourth-order valence-electron chi connectivity index (χ4n) is 3.56. The van der Waals surface area contributed by atoms with Gasteiger partial charge in [-0.3, -0.25) is 9.10 Å². The molecule has 0 unspecified atom stereocenters. The summed E-state index contributed by atoms with van der Waals surface area (Å²) >= 11 is 0. The van der Waals surface area contributed by atoms with Crippen LogP contribution in [0.25, 0.3) is 0 Å². The molecule has 0 amide bonds. The van der Waals surface area contributed by atoms with Crippen LogP contribution in [0.15, 0.2) is 59.5 Å². The van der Waals surface area contributed by atoms with Gasteiger partial charge in [0.25, 0.3) is 0 Å². The van der Waals surface area contributed by atoms with E-state index in [1.807, 2.05) is 43.3 Å². The molecule has 8 nitrogen and oxygen atoms in total. The largest absolute Gasteiger partial charge is 0.490 e. The van der Waals surface area contributed by atoms with E-state index in [1.165, 1.54) is 11.4 Å². The molecule has 0 aliphatic carbocycles. The van der Waals surface area contributed by atoms with Gasteiger partial charge in [0.05, 0.1) is 31.3 Å². The molecule has 0 radical (unpaired) electrons. The second kappa shape index (κ2) is 8.43. The number of nitrogens with one attached hydrogen (secondary N) is 1. The van der Waals surface area contributed by atoms with E-state index in [4.69, 9.17) is 4.74 Å². The second-order valence-corrected chi connectivity index (χ2v) is 9.43. The Hall–Kier alpha value is -3.33. The first-order chi connectivity index (χ1) is 14.9. The maximum absolute atomic E-state index is 12.3. The van der Waals surface area contributed by atoms with E-state index in [1.54, 1.807) is 22.9 Å². The molecular formula is C22H24N4O4S. The number of nitrogens with zero attached hydrogens (tertiary/aromatic N) is 3. The molecule has 2 aromatic carbocycles. The fraction of sp³-hybridized carbons (Fsp3) is 0.273. The summed E-state index contributed by atoms with van der Waals surface area (Å²) < 4.78 is 33.0. The molecule has 162 valence electrons. The van der Waals surface area contributed by atoms with E-state index in [0.717, 1.165) is 11.1 Å². The number of hydrogen-bond acceptors (Lipinski definition) is 6. The first-order valence-corrected chi connectivity index (χ1v) is 11.6. The minimum absolute atomic E-state index is 0.148. The monoisotopic (exact) mass is 440 g/mol. The zero-order valence-electron chi connectivity index (χ0n) is 17.4. The van der Waals surface area contributed by atoms with E-state index in [-0.39, 0.29) is 11.5 Å². The van der Waals surface area contributed by atoms with Crippen LogP contribution in [-0.4, -0.2) is 37.4 Å². The minimum atomic E-state index is -3.29. The topological polar surface area (TPSA) is 93.5 Å². The van der Waals surface area contributed by atoms with Crippen molar-refractivity contribution in [2.24, 2.45) is 0 Å². The number of rotatable bonds is 6. The molecule has 1 aliphatic rings. The van der Waals surface area contributed by atoms with Crippen molar-refractivity contribution in [3.05, 3.63) is 76.2 Å². The van der Waals surface area contributed by atoms with Crippen molar-refractivity contribution in [2.75, 3.05) is 29.0 Å². The van der Waals surface area contributed by atoms with E-state index in [0.29, 0.717) is 36.8 Å². The molecule has 1 saturated heterocycles. The van der Waals surface area contributed by atoms with Crippen molar-refractivity contribution in [3.63, 3.8) is 0 Å². The maximum atomic E-state index is 12.3. The Morgan fingerprint density at radius 2 is 1.94 bits per heavy atom. The Morgan fingerprint density at radius 1 is 1.16 bits per heavy atom. The third-order valence-electron chi connectivity index (χ3n) is 5.23. The number of hydrogen-bond donors (Lipinski definition) is 1. The third kappa shape index (κ3) is 4.41. The van der Waals surface area contributed by atoms with Gasteiger partial charge in [0, 0.05) is 12.2 Å². The van der Waals surface area contributed by atoms with Crippen LogP contribution in [0.4, 0.5) is 17.3 Å². The third-order valence-corrected chi connectivity index (χ3v) is 7.10. The molecule has 3 aromatic rings. The molecule has 0 bridgehead atoms. The van der Waals surface area contributed by atoms with Crippen molar-refractivity contribution in [2.45, 2.75) is 19.9 Å². The Bertz CT molecular complexity index is 1260. The molecule has 31 heavy (non-hydrogen) atoms. The highest BCUT2D eigenvalue weighted by atomic mass is 32.2. The zero-order valence-corrected chi connectivity index (χ0v) is 18.2. The summed E-state index contributed by atoms with van der Waals surface area (Å²) in [6, 6.07) is 15.2. The van der Waals surface area contributed by atoms with Crippen LogP contribution in [0.3, 0.4) is 0 Å². The van der Waals surface area contributed by atoms with Gasteiger partial charge in [-0.2, -0.15) is 4.98 Å². The van der Waals surface area contributed by atoms with Crippen LogP contribution >= 0.6 is 0 Å². The van der Waals surface area contributed by atoms with Crippen LogP contribution in [0, 0.1) is 6.92 Å². The Balaban J connectivity index is 1.72. The van der Waals surface area contributed by atoms with Gasteiger partial charge in [0.15, 0.2) is 0 Å². The van der Waals surface area contributed by atoms with E-state index >= 15 is 0 Å². The average Bonchev–Trinajstić information content (AvgIpc) is 3.11. The number of aryl methyl sites for hydroxylation is 1. The van der Waals surface area contributed by atoms with Crippen molar-refractivity contribution in [1.29, 1.82) is 0 Å². The van der Waals surface area contributed by atoms with E-state index < -0.39 is 15.6 Å². The summed E-state index contributed by atoms with van der Waals surface area (Å²) in [7, 11) is -1.86. The molecule has 0 spiro atoms. The number of anilines is 3. The molecule has 2 heterocycles. The highest BCUT2D eigenvalue weighted by molar-refractivity contribution is 7.93. The number of aromatic nitrogens is 2. The summed E-state index contributed by atoms with van der Waals surface area (Å²) in [5.74, 6) is 0.648. The van der Waals surface area contributed by atoms with Gasteiger partial charge in [-0.05, 0) is 36.6 Å². The van der Waals surface area contributed by atoms with Gasteiger partial charge in [0.1, 0.15) is 0 Å². The maximum Gasteiger partial charge on any atom is 0.316 e. The van der Waals surface area contributed by atoms with Gasteiger partial charge in [-0.15, -0.1) is 0 Å². The number of ether oxygens (including phenoxy) is 1. The SMILES string of the molecule is COc1cn(Cc2ccccc2)c(Nc2cc(N3CCCS3(=O)=O)ccc2C)nc1=O. The fourth-order valence-corrected chi connectivity index (χ4v) is 5.12. The lowest BCUT2D eigenvalue weighted by molar-refractivity contribution is 0.402. The molecule has 1 N–H and O–H groups in total. The lowest BCUT2D eigenvalue weighted by Crippen LogP contribution is -2.25. The lowest BCUT2D eigenvalue weighted by Gasteiger charge is -2.20. The Kier molecular flexibility index (Phi) is 5.69. The number of benzene rings is 2. The second-order valence-electron chi connectivity index (χ2n) is 7.42. The number of methoxy groups -OCH3 is 1. The normalized spacial score (nSPS) is 15.1. The Morgan fingerprint density at radius 3 is 2.61 bits per heavy atom. The van der Waals surface area contributed by atoms with Gasteiger partial charge >= 0.3 is 5.56 Å². The summed E-state index contributed by atoms with van der Waals surface area (Å²) in [6.07, 6.45) is 2.23. The minimum Gasteiger partial charge on any atom is -0.490 e. The van der Waals surface area contributed by atoms with Crippen LogP contribution in [0.2, 0.25) is 0 Å². The summed E-state index contributed by atoms with van der Waals surface area (Å²) in [6.45, 7) is 2.85. The predicted octanol–water partition coefficient (Wildman–Crippen LogP) is 2.89. The van der Waals surface area contributed by atoms with Crippen molar-refractivity contribution in [3.8, 4) is 5.75 Å². The standard InChI is InChI=1S/C22H24N4O4S/c1-16-9-10-18(26-11-6-12-31(26,28)29)13-19(16)23-22-24-21(27)20(30-2)15-25(22)14-17-7-4-3-5-8-17/h3-5,7-10,13,15H,6,11-12,14H2,1-2H3,(H,23,24,27). The van der Waals surface area contributed by atoms with Crippen molar-refractivity contribution >= 4 is 27.3 Å². The van der Waals surface area contributed by atoms with Crippen LogP contribution in [0.1, 0.15) is 17.5 Å². The number of sulfonamides is 1. The average molecular weight is 441 g/mol. The van der Waals surface area contributed by atoms with Crippen LogP contribution in [-0.2, 0) is 16.6 Å². The lowest BCUT2D eigenvalue weighted by atomic mass is 10.1. The summed E-state index contributed by atoms with van der Waals surface area (Å²) in [4.78, 5) is 16.5. The van der Waals surface area contributed by atoms with Gasteiger partial charge < -0.3 is 14.6 Å².